The molecule has 0 aliphatic carbocycles. The van der Waals surface area contributed by atoms with Crippen LogP contribution in [0, 0.1) is 11.3 Å². The van der Waals surface area contributed by atoms with Gasteiger partial charge in [0.25, 0.3) is 0 Å². The Morgan fingerprint density at radius 1 is 1.22 bits per heavy atom. The number of hydrogen-bond donors (Lipinski definition) is 2. The largest absolute Gasteiger partial charge is 0.380 e. The van der Waals surface area contributed by atoms with E-state index < -0.39 is 24.0 Å². The summed E-state index contributed by atoms with van der Waals surface area (Å²) in [6.45, 7) is 10.5. The lowest BCUT2D eigenvalue weighted by molar-refractivity contribution is -0.133. The number of ketones is 1. The summed E-state index contributed by atoms with van der Waals surface area (Å²) >= 11 is 0. The zero-order valence-electron chi connectivity index (χ0n) is 12.1. The van der Waals surface area contributed by atoms with Crippen LogP contribution in [0.4, 0.5) is 0 Å². The number of Topliss-reactive ketones (excluding diaryl/α,β-unsaturated/α-hetero) is 1. The van der Waals surface area contributed by atoms with Crippen molar-refractivity contribution in [3.8, 4) is 0 Å². The predicted octanol–water partition coefficient (Wildman–Crippen LogP) is 2.21. The van der Waals surface area contributed by atoms with Gasteiger partial charge in [-0.15, -0.1) is 0 Å². The van der Waals surface area contributed by atoms with Gasteiger partial charge in [-0.2, -0.15) is 0 Å². The molecule has 0 aliphatic heterocycles. The van der Waals surface area contributed by atoms with Crippen molar-refractivity contribution in [3.63, 3.8) is 0 Å². The van der Waals surface area contributed by atoms with Gasteiger partial charge in [-0.3, -0.25) is 9.36 Å². The van der Waals surface area contributed by atoms with Gasteiger partial charge in [0, 0.05) is 12.0 Å². The molecule has 108 valence electrons. The standard InChI is InChI=1S/C12H25O5P/c1-9(2)7-17-8-11(3,4)10(13)12(5,6)18(14,15)16/h9H,7-8H2,1-6H3,(H2,14,15,16). The Morgan fingerprint density at radius 2 is 1.67 bits per heavy atom. The molecule has 0 aromatic carbocycles. The number of ether oxygens (including phenoxy) is 1. The van der Waals surface area contributed by atoms with Crippen molar-refractivity contribution >= 4 is 13.4 Å². The van der Waals surface area contributed by atoms with E-state index in [1.165, 1.54) is 13.8 Å². The summed E-state index contributed by atoms with van der Waals surface area (Å²) in [7, 11) is -4.48. The predicted molar refractivity (Wildman–Crippen MR) is 70.6 cm³/mol. The van der Waals surface area contributed by atoms with Crippen molar-refractivity contribution in [2.45, 2.75) is 46.7 Å². The molecule has 0 bridgehead atoms. The van der Waals surface area contributed by atoms with Crippen LogP contribution < -0.4 is 0 Å². The SMILES string of the molecule is CC(C)COCC(C)(C)C(=O)C(C)(C)P(=O)(O)O. The Morgan fingerprint density at radius 3 is 2.00 bits per heavy atom. The van der Waals surface area contributed by atoms with Gasteiger partial charge in [-0.1, -0.05) is 27.7 Å². The Labute approximate surface area is 109 Å². The zero-order chi connectivity index (χ0) is 14.8. The molecule has 0 radical (unpaired) electrons. The molecule has 0 unspecified atom stereocenters. The van der Waals surface area contributed by atoms with Crippen molar-refractivity contribution in [1.29, 1.82) is 0 Å². The average molecular weight is 280 g/mol. The van der Waals surface area contributed by atoms with E-state index in [1.54, 1.807) is 13.8 Å². The first-order valence-electron chi connectivity index (χ1n) is 6.00. The summed E-state index contributed by atoms with van der Waals surface area (Å²) in [5.41, 5.74) is -0.917. The lowest BCUT2D eigenvalue weighted by atomic mass is 9.82. The van der Waals surface area contributed by atoms with Crippen molar-refractivity contribution in [2.24, 2.45) is 11.3 Å². The summed E-state index contributed by atoms with van der Waals surface area (Å²) in [5.74, 6) is -0.127. The van der Waals surface area contributed by atoms with Gasteiger partial charge in [0.15, 0.2) is 5.78 Å². The van der Waals surface area contributed by atoms with Gasteiger partial charge >= 0.3 is 7.60 Å². The maximum Gasteiger partial charge on any atom is 0.338 e. The van der Waals surface area contributed by atoms with E-state index in [4.69, 9.17) is 4.74 Å². The van der Waals surface area contributed by atoms with Crippen LogP contribution in [-0.4, -0.2) is 33.9 Å². The smallest absolute Gasteiger partial charge is 0.338 e. The first kappa shape index (κ1) is 17.8. The van der Waals surface area contributed by atoms with Crippen molar-refractivity contribution in [3.05, 3.63) is 0 Å². The van der Waals surface area contributed by atoms with Gasteiger partial charge < -0.3 is 14.5 Å². The van der Waals surface area contributed by atoms with E-state index in [9.17, 15) is 19.1 Å². The first-order chi connectivity index (χ1) is 7.82. The average Bonchev–Trinajstić information content (AvgIpc) is 2.13. The molecule has 18 heavy (non-hydrogen) atoms. The van der Waals surface area contributed by atoms with Crippen LogP contribution in [0.15, 0.2) is 0 Å². The Hall–Kier alpha value is -0.220. The molecule has 6 heteroatoms. The van der Waals surface area contributed by atoms with E-state index in [1.807, 2.05) is 13.8 Å². The second-order valence-electron chi connectivity index (χ2n) is 6.23. The fourth-order valence-corrected chi connectivity index (χ4v) is 2.14. The Bertz CT molecular complexity index is 340. The fraction of sp³-hybridized carbons (Fsp3) is 0.917. The second-order valence-corrected chi connectivity index (χ2v) is 8.43. The van der Waals surface area contributed by atoms with Gasteiger partial charge in [0.05, 0.1) is 6.61 Å². The minimum absolute atomic E-state index is 0.160. The number of hydrogen-bond acceptors (Lipinski definition) is 3. The molecule has 0 amide bonds. The third-order valence-corrected chi connectivity index (χ3v) is 4.47. The van der Waals surface area contributed by atoms with Crippen LogP contribution in [0.25, 0.3) is 0 Å². The lowest BCUT2D eigenvalue weighted by Crippen LogP contribution is -2.44. The Balaban J connectivity index is 4.81. The highest BCUT2D eigenvalue weighted by Crippen LogP contribution is 2.52. The van der Waals surface area contributed by atoms with Gasteiger partial charge in [-0.25, -0.2) is 0 Å². The van der Waals surface area contributed by atoms with E-state index >= 15 is 0 Å². The zero-order valence-corrected chi connectivity index (χ0v) is 13.0. The van der Waals surface area contributed by atoms with E-state index in [2.05, 4.69) is 0 Å². The molecule has 5 nitrogen and oxygen atoms in total. The fourth-order valence-electron chi connectivity index (χ4n) is 1.58. The van der Waals surface area contributed by atoms with Crippen LogP contribution in [0.5, 0.6) is 0 Å². The normalized spacial score (nSPS) is 14.1. The van der Waals surface area contributed by atoms with E-state index in [0.717, 1.165) is 0 Å². The quantitative estimate of drug-likeness (QED) is 0.698. The Kier molecular flexibility index (Phi) is 5.75. The molecule has 0 aromatic heterocycles. The van der Waals surface area contributed by atoms with Crippen LogP contribution in [-0.2, 0) is 14.1 Å². The van der Waals surface area contributed by atoms with Crippen LogP contribution in [0.3, 0.4) is 0 Å². The number of carbonyl (C=O) groups excluding carboxylic acids is 1. The highest BCUT2D eigenvalue weighted by atomic mass is 31.2. The molecule has 0 aliphatic rings. The van der Waals surface area contributed by atoms with Crippen LogP contribution in [0.1, 0.15) is 41.5 Å². The number of rotatable bonds is 7. The summed E-state index contributed by atoms with van der Waals surface area (Å²) in [5, 5.41) is -1.68. The molecule has 0 saturated carbocycles. The van der Waals surface area contributed by atoms with Crippen LogP contribution in [0.2, 0.25) is 0 Å². The monoisotopic (exact) mass is 280 g/mol. The second kappa shape index (κ2) is 5.83. The molecule has 0 fully saturated rings. The highest BCUT2D eigenvalue weighted by Gasteiger charge is 2.50. The van der Waals surface area contributed by atoms with E-state index in [-0.39, 0.29) is 6.61 Å². The van der Waals surface area contributed by atoms with Crippen molar-refractivity contribution in [2.75, 3.05) is 13.2 Å². The lowest BCUT2D eigenvalue weighted by Gasteiger charge is -2.33. The van der Waals surface area contributed by atoms with E-state index in [0.29, 0.717) is 12.5 Å². The van der Waals surface area contributed by atoms with Gasteiger partial charge in [-0.05, 0) is 19.8 Å². The molecule has 0 saturated heterocycles. The minimum Gasteiger partial charge on any atom is -0.380 e. The molecular formula is C12H25O5P. The van der Waals surface area contributed by atoms with Crippen molar-refractivity contribution in [1.82, 2.24) is 0 Å². The van der Waals surface area contributed by atoms with Gasteiger partial charge in [0.1, 0.15) is 5.16 Å². The topological polar surface area (TPSA) is 83.8 Å². The maximum atomic E-state index is 12.2. The molecule has 2 N–H and O–H groups in total. The third-order valence-electron chi connectivity index (χ3n) is 2.81. The van der Waals surface area contributed by atoms with Crippen molar-refractivity contribution < 1.29 is 23.9 Å². The molecular weight excluding hydrogens is 255 g/mol. The third kappa shape index (κ3) is 4.47. The molecule has 0 aromatic rings. The molecule has 0 spiro atoms. The minimum atomic E-state index is -4.48. The number of carbonyl (C=O) groups is 1. The summed E-state index contributed by atoms with van der Waals surface area (Å²) < 4.78 is 16.8. The summed E-state index contributed by atoms with van der Waals surface area (Å²) in [6.07, 6.45) is 0. The molecule has 0 rings (SSSR count). The summed E-state index contributed by atoms with van der Waals surface area (Å²) in [4.78, 5) is 30.7. The summed E-state index contributed by atoms with van der Waals surface area (Å²) in [6, 6.07) is 0. The molecule has 0 atom stereocenters. The molecule has 0 heterocycles. The van der Waals surface area contributed by atoms with Gasteiger partial charge in [0.2, 0.25) is 0 Å². The highest BCUT2D eigenvalue weighted by molar-refractivity contribution is 7.54. The van der Waals surface area contributed by atoms with Crippen LogP contribution >= 0.6 is 7.60 Å². The first-order valence-corrected chi connectivity index (χ1v) is 7.62. The maximum absolute atomic E-state index is 12.2.